The van der Waals surface area contributed by atoms with E-state index in [-0.39, 0.29) is 6.10 Å². The van der Waals surface area contributed by atoms with Crippen LogP contribution in [0.3, 0.4) is 0 Å². The van der Waals surface area contributed by atoms with Crippen LogP contribution in [0.4, 0.5) is 0 Å². The summed E-state index contributed by atoms with van der Waals surface area (Å²) in [5.74, 6) is 0. The van der Waals surface area contributed by atoms with Crippen molar-refractivity contribution >= 4 is 0 Å². The molecule has 1 unspecified atom stereocenters. The zero-order valence-corrected chi connectivity index (χ0v) is 13.5. The van der Waals surface area contributed by atoms with Gasteiger partial charge in [-0.15, -0.1) is 0 Å². The molecule has 2 heteroatoms. The van der Waals surface area contributed by atoms with Crippen molar-refractivity contribution in [2.45, 2.75) is 109 Å². The summed E-state index contributed by atoms with van der Waals surface area (Å²) in [7, 11) is 0. The van der Waals surface area contributed by atoms with Gasteiger partial charge in [-0.3, -0.25) is 4.90 Å². The van der Waals surface area contributed by atoms with Crippen molar-refractivity contribution < 1.29 is 5.11 Å². The third-order valence-corrected chi connectivity index (χ3v) is 5.38. The fourth-order valence-electron chi connectivity index (χ4n) is 4.22. The van der Waals surface area contributed by atoms with Crippen molar-refractivity contribution in [2.24, 2.45) is 0 Å². The molecular weight excluding hydrogens is 246 g/mol. The number of hydrogen-bond acceptors (Lipinski definition) is 2. The highest BCUT2D eigenvalue weighted by molar-refractivity contribution is 4.83. The van der Waals surface area contributed by atoms with Crippen LogP contribution in [-0.4, -0.2) is 34.7 Å². The zero-order chi connectivity index (χ0) is 14.2. The molecule has 2 aliphatic rings. The molecular formula is C18H35NO. The molecule has 0 aromatic rings. The van der Waals surface area contributed by atoms with Crippen LogP contribution < -0.4 is 0 Å². The average molecular weight is 281 g/mol. The number of aliphatic hydroxyl groups excluding tert-OH is 1. The Morgan fingerprint density at radius 3 is 1.80 bits per heavy atom. The SMILES string of the molecule is CC(O)CCCCN(C1CCCCC1)C1CCCCC1. The maximum atomic E-state index is 9.40. The summed E-state index contributed by atoms with van der Waals surface area (Å²) in [6.07, 6.45) is 17.8. The molecule has 0 saturated heterocycles. The van der Waals surface area contributed by atoms with E-state index in [2.05, 4.69) is 4.90 Å². The van der Waals surface area contributed by atoms with Gasteiger partial charge in [0.1, 0.15) is 0 Å². The minimum Gasteiger partial charge on any atom is -0.393 e. The summed E-state index contributed by atoms with van der Waals surface area (Å²) in [4.78, 5) is 2.89. The maximum absolute atomic E-state index is 9.40. The first-order chi connectivity index (χ1) is 9.77. The van der Waals surface area contributed by atoms with Gasteiger partial charge in [0, 0.05) is 12.1 Å². The first kappa shape index (κ1) is 16.3. The van der Waals surface area contributed by atoms with E-state index in [1.807, 2.05) is 6.92 Å². The molecule has 0 radical (unpaired) electrons. The van der Waals surface area contributed by atoms with E-state index in [0.29, 0.717) is 0 Å². The maximum Gasteiger partial charge on any atom is 0.0512 e. The lowest BCUT2D eigenvalue weighted by atomic mass is 9.88. The van der Waals surface area contributed by atoms with Crippen LogP contribution in [0, 0.1) is 0 Å². The van der Waals surface area contributed by atoms with Gasteiger partial charge in [-0.1, -0.05) is 38.5 Å². The van der Waals surface area contributed by atoms with Gasteiger partial charge in [0.2, 0.25) is 0 Å². The quantitative estimate of drug-likeness (QED) is 0.694. The lowest BCUT2D eigenvalue weighted by Gasteiger charge is -2.42. The fourth-order valence-corrected chi connectivity index (χ4v) is 4.22. The lowest BCUT2D eigenvalue weighted by molar-refractivity contribution is 0.0773. The van der Waals surface area contributed by atoms with Crippen molar-refractivity contribution in [1.29, 1.82) is 0 Å². The summed E-state index contributed by atoms with van der Waals surface area (Å²) in [5, 5.41) is 9.40. The van der Waals surface area contributed by atoms with E-state index in [4.69, 9.17) is 0 Å². The molecule has 0 spiro atoms. The van der Waals surface area contributed by atoms with Crippen LogP contribution in [0.25, 0.3) is 0 Å². The molecule has 2 fully saturated rings. The van der Waals surface area contributed by atoms with Crippen LogP contribution in [-0.2, 0) is 0 Å². The van der Waals surface area contributed by atoms with Gasteiger partial charge >= 0.3 is 0 Å². The van der Waals surface area contributed by atoms with Gasteiger partial charge in [0.15, 0.2) is 0 Å². The Balaban J connectivity index is 1.81. The molecule has 1 N–H and O–H groups in total. The smallest absolute Gasteiger partial charge is 0.0512 e. The Morgan fingerprint density at radius 1 is 0.850 bits per heavy atom. The van der Waals surface area contributed by atoms with Gasteiger partial charge in [0.25, 0.3) is 0 Å². The Hall–Kier alpha value is -0.0800. The van der Waals surface area contributed by atoms with Crippen LogP contribution >= 0.6 is 0 Å². The van der Waals surface area contributed by atoms with E-state index in [1.54, 1.807) is 0 Å². The largest absolute Gasteiger partial charge is 0.393 e. The zero-order valence-electron chi connectivity index (χ0n) is 13.5. The second kappa shape index (κ2) is 9.04. The summed E-state index contributed by atoms with van der Waals surface area (Å²) in [6, 6.07) is 1.75. The van der Waals surface area contributed by atoms with E-state index >= 15 is 0 Å². The third kappa shape index (κ3) is 5.37. The Bertz CT molecular complexity index is 224. The second-order valence-corrected chi connectivity index (χ2v) is 7.17. The van der Waals surface area contributed by atoms with Gasteiger partial charge in [0.05, 0.1) is 6.10 Å². The first-order valence-corrected chi connectivity index (χ1v) is 9.21. The number of unbranched alkanes of at least 4 members (excludes halogenated alkanes) is 1. The van der Waals surface area contributed by atoms with Gasteiger partial charge in [-0.25, -0.2) is 0 Å². The fraction of sp³-hybridized carbons (Fsp3) is 1.00. The molecule has 2 aliphatic carbocycles. The minimum atomic E-state index is -0.118. The molecule has 0 aromatic heterocycles. The lowest BCUT2D eigenvalue weighted by Crippen LogP contribution is -2.45. The van der Waals surface area contributed by atoms with E-state index in [1.165, 1.54) is 83.6 Å². The minimum absolute atomic E-state index is 0.118. The van der Waals surface area contributed by atoms with Crippen molar-refractivity contribution in [3.63, 3.8) is 0 Å². The predicted octanol–water partition coefficient (Wildman–Crippen LogP) is 4.50. The summed E-state index contributed by atoms with van der Waals surface area (Å²) < 4.78 is 0. The molecule has 0 bridgehead atoms. The third-order valence-electron chi connectivity index (χ3n) is 5.38. The van der Waals surface area contributed by atoms with E-state index in [0.717, 1.165) is 18.5 Å². The van der Waals surface area contributed by atoms with Crippen molar-refractivity contribution in [1.82, 2.24) is 4.90 Å². The summed E-state index contributed by atoms with van der Waals surface area (Å²) in [6.45, 7) is 3.20. The average Bonchev–Trinajstić information content (AvgIpc) is 2.49. The highest BCUT2D eigenvalue weighted by Gasteiger charge is 2.28. The normalized spacial score (nSPS) is 24.1. The highest BCUT2D eigenvalue weighted by Crippen LogP contribution is 2.30. The van der Waals surface area contributed by atoms with Crippen LogP contribution in [0.15, 0.2) is 0 Å². The molecule has 20 heavy (non-hydrogen) atoms. The number of rotatable bonds is 7. The highest BCUT2D eigenvalue weighted by atomic mass is 16.3. The predicted molar refractivity (Wildman–Crippen MR) is 86.0 cm³/mol. The van der Waals surface area contributed by atoms with E-state index < -0.39 is 0 Å². The molecule has 0 aromatic carbocycles. The van der Waals surface area contributed by atoms with Crippen molar-refractivity contribution in [3.8, 4) is 0 Å². The van der Waals surface area contributed by atoms with Crippen LogP contribution in [0.1, 0.15) is 90.4 Å². The number of hydrogen-bond donors (Lipinski definition) is 1. The summed E-state index contributed by atoms with van der Waals surface area (Å²) >= 11 is 0. The molecule has 1 atom stereocenters. The Labute approximate surface area is 125 Å². The number of nitrogens with zero attached hydrogens (tertiary/aromatic N) is 1. The van der Waals surface area contributed by atoms with E-state index in [9.17, 15) is 5.11 Å². The second-order valence-electron chi connectivity index (χ2n) is 7.17. The van der Waals surface area contributed by atoms with Crippen molar-refractivity contribution in [2.75, 3.05) is 6.54 Å². The molecule has 2 rings (SSSR count). The standard InChI is InChI=1S/C18H35NO/c1-16(20)10-8-9-15-19(17-11-4-2-5-12-17)18-13-6-3-7-14-18/h16-18,20H,2-15H2,1H3. The molecule has 118 valence electrons. The monoisotopic (exact) mass is 281 g/mol. The Kier molecular flexibility index (Phi) is 7.37. The number of aliphatic hydroxyl groups is 1. The van der Waals surface area contributed by atoms with Gasteiger partial charge in [-0.05, 0) is 58.4 Å². The first-order valence-electron chi connectivity index (χ1n) is 9.21. The molecule has 0 aliphatic heterocycles. The summed E-state index contributed by atoms with van der Waals surface area (Å²) in [5.41, 5.74) is 0. The topological polar surface area (TPSA) is 23.5 Å². The van der Waals surface area contributed by atoms with Crippen LogP contribution in [0.2, 0.25) is 0 Å². The Morgan fingerprint density at radius 2 is 1.35 bits per heavy atom. The van der Waals surface area contributed by atoms with Crippen molar-refractivity contribution in [3.05, 3.63) is 0 Å². The molecule has 0 heterocycles. The molecule has 2 saturated carbocycles. The van der Waals surface area contributed by atoms with Crippen LogP contribution in [0.5, 0.6) is 0 Å². The molecule has 0 amide bonds. The molecule has 2 nitrogen and oxygen atoms in total. The van der Waals surface area contributed by atoms with Gasteiger partial charge < -0.3 is 5.11 Å². The van der Waals surface area contributed by atoms with Gasteiger partial charge in [-0.2, -0.15) is 0 Å².